The smallest absolute Gasteiger partial charge is 0.246 e. The van der Waals surface area contributed by atoms with Gasteiger partial charge in [0, 0.05) is 209 Å². The van der Waals surface area contributed by atoms with Crippen molar-refractivity contribution >= 4 is 171 Å². The van der Waals surface area contributed by atoms with Gasteiger partial charge in [0.15, 0.2) is 0 Å². The Morgan fingerprint density at radius 2 is 0.697 bits per heavy atom. The lowest BCUT2D eigenvalue weighted by Crippen LogP contribution is -2.48. The number of fused-ring (bicyclic) bond motifs is 4. The van der Waals surface area contributed by atoms with E-state index in [-0.39, 0.29) is 23.6 Å². The zero-order valence-corrected chi connectivity index (χ0v) is 71.3. The summed E-state index contributed by atoms with van der Waals surface area (Å²) in [5.41, 5.74) is 16.1. The van der Waals surface area contributed by atoms with Crippen LogP contribution in [0.1, 0.15) is 0 Å². The van der Waals surface area contributed by atoms with Gasteiger partial charge in [-0.2, -0.15) is 5.10 Å². The van der Waals surface area contributed by atoms with Crippen LogP contribution in [0.5, 0.6) is 0 Å². The van der Waals surface area contributed by atoms with Crippen LogP contribution in [-0.4, -0.2) is 208 Å². The molecular weight excluding hydrogens is 1680 g/mol. The number of aromatic amines is 1. The van der Waals surface area contributed by atoms with Crippen LogP contribution >= 0.6 is 80.4 Å². The Morgan fingerprint density at radius 1 is 0.344 bits per heavy atom. The Labute approximate surface area is 735 Å². The third-order valence-corrected chi connectivity index (χ3v) is 25.4. The van der Waals surface area contributed by atoms with Crippen molar-refractivity contribution < 1.29 is 19.2 Å². The maximum atomic E-state index is 11.9. The molecule has 612 valence electrons. The van der Waals surface area contributed by atoms with Gasteiger partial charge in [-0.3, -0.25) is 29.3 Å². The van der Waals surface area contributed by atoms with Crippen LogP contribution in [0.4, 0.5) is 23.3 Å². The van der Waals surface area contributed by atoms with E-state index in [1.54, 1.807) is 91.3 Å². The minimum absolute atomic E-state index is 0.0270. The number of hydrogen-bond donors (Lipinski definition) is 1. The summed E-state index contributed by atoms with van der Waals surface area (Å²) in [7, 11) is 0. The average Bonchev–Trinajstić information content (AvgIpc) is 1.21. The molecule has 24 nitrogen and oxygen atoms in total. The van der Waals surface area contributed by atoms with Gasteiger partial charge in [-0.05, 0) is 107 Å². The lowest BCUT2D eigenvalue weighted by molar-refractivity contribution is -0.127. The molecule has 0 saturated carbocycles. The van der Waals surface area contributed by atoms with Crippen molar-refractivity contribution in [2.45, 2.75) is 0 Å². The summed E-state index contributed by atoms with van der Waals surface area (Å²) in [6.07, 6.45) is 19.1. The number of carbonyl (C=O) groups is 4. The second-order valence-electron chi connectivity index (χ2n) is 28.6. The number of amides is 4. The van der Waals surface area contributed by atoms with E-state index < -0.39 is 0 Å². The van der Waals surface area contributed by atoms with E-state index in [0.29, 0.717) is 112 Å². The third kappa shape index (κ3) is 17.9. The predicted octanol–water partition coefficient (Wildman–Crippen LogP) is 17.8. The number of nitrogens with one attached hydrogen (secondary N) is 1. The first-order valence-electron chi connectivity index (χ1n) is 39.2. The SMILES string of the molecule is C=CC(=O)N1CCN(c2ncnc3cc(-c4ccccc4-c4cn[nH]c4)c(Cl)cc23)CC1.C=CC(=O)N1CCN(c2ncnc3cc(-c4ccccc4-c4cncs4)c(Cl)cc23)CC1.C=CC(=O)N1CCN(c2ncnc3cc(-c4ccccc4-c4nccs4)c(Cl)cc23)CC1.C=CC(=O)N1CCN(c2ncnc3cc(-c4cccs4)c(Cl)cc23)CC1. The molecule has 12 heterocycles. The molecule has 122 heavy (non-hydrogen) atoms. The molecule has 4 fully saturated rings. The first-order valence-corrected chi connectivity index (χ1v) is 43.3. The molecule has 0 radical (unpaired) electrons. The largest absolute Gasteiger partial charge is 0.352 e. The zero-order chi connectivity index (χ0) is 84.3. The number of halogens is 4. The highest BCUT2D eigenvalue weighted by Gasteiger charge is 2.29. The fraction of sp³-hybridized carbons (Fsp3) is 0.176. The van der Waals surface area contributed by atoms with Gasteiger partial charge in [0.05, 0.1) is 43.7 Å². The molecule has 0 unspecified atom stereocenters. The summed E-state index contributed by atoms with van der Waals surface area (Å²) in [5, 5.41) is 18.1. The van der Waals surface area contributed by atoms with Crippen molar-refractivity contribution in [1.29, 1.82) is 0 Å². The number of rotatable bonds is 15. The van der Waals surface area contributed by atoms with Crippen molar-refractivity contribution in [2.24, 2.45) is 0 Å². The number of H-pyrrole nitrogens is 1. The molecule has 8 aromatic heterocycles. The lowest BCUT2D eigenvalue weighted by Gasteiger charge is -2.35. The lowest BCUT2D eigenvalue weighted by atomic mass is 9.95. The molecule has 15 aromatic rings. The molecule has 0 bridgehead atoms. The highest BCUT2D eigenvalue weighted by Crippen LogP contribution is 2.45. The molecule has 0 aliphatic carbocycles. The maximum absolute atomic E-state index is 11.9. The van der Waals surface area contributed by atoms with Gasteiger partial charge >= 0.3 is 0 Å². The predicted molar refractivity (Wildman–Crippen MR) is 494 cm³/mol. The molecule has 0 atom stereocenters. The number of anilines is 4. The number of hydrogen-bond acceptors (Lipinski definition) is 22. The molecular formula is C91H78Cl4N20O4S3. The van der Waals surface area contributed by atoms with Gasteiger partial charge in [-0.25, -0.2) is 44.9 Å². The highest BCUT2D eigenvalue weighted by atomic mass is 35.5. The van der Waals surface area contributed by atoms with Gasteiger partial charge in [0.25, 0.3) is 0 Å². The molecule has 0 spiro atoms. The molecule has 4 saturated heterocycles. The highest BCUT2D eigenvalue weighted by molar-refractivity contribution is 7.14. The quantitative estimate of drug-likeness (QED) is 0.0936. The Hall–Kier alpha value is -12.7. The van der Waals surface area contributed by atoms with Crippen LogP contribution in [0.25, 0.3) is 120 Å². The summed E-state index contributed by atoms with van der Waals surface area (Å²) in [5.74, 6) is 3.22. The molecule has 7 aromatic carbocycles. The molecule has 4 aliphatic rings. The van der Waals surface area contributed by atoms with E-state index in [0.717, 1.165) is 156 Å². The van der Waals surface area contributed by atoms with E-state index in [2.05, 4.69) is 142 Å². The topological polar surface area (TPSA) is 252 Å². The average molecular weight is 1750 g/mol. The Morgan fingerprint density at radius 3 is 1.03 bits per heavy atom. The molecule has 4 amide bonds. The Bertz CT molecular complexity index is 5910. The van der Waals surface area contributed by atoms with Crippen LogP contribution in [0.3, 0.4) is 0 Å². The standard InChI is InChI=1S/C24H21ClN6O.2C24H20ClN5OS.C19H17ClN4OS/c1-2-23(32)30-7-9-31(10-8-30)24-20-11-21(25)19(12-22(20)26-15-27-24)18-6-4-3-5-17(18)16-13-28-29-14-16;1-2-22(31)29-8-10-30(11-9-29)23-19-13-20(25)18(14-21(19)27-15-28-23)16-5-3-4-6-17(16)24-26-7-12-32-24;1-2-23(31)29-7-9-30(10-8-29)24-19-11-20(25)18(12-21(19)27-14-28-24)16-5-3-4-6-17(16)22-13-26-15-32-22;1-2-18(25)23-5-7-24(8-6-23)19-14-10-15(20)13(17-4-3-9-26-17)11-16(14)21-12-22-19/h2-6,11-15H,1,7-10H2,(H,28,29);2-7,12-15H,1,8-11H2;2-6,11-15H,1,7-10H2;2-4,9-12H,1,5-8H2. The summed E-state index contributed by atoms with van der Waals surface area (Å²) in [6, 6.07) is 44.3. The van der Waals surface area contributed by atoms with Gasteiger partial charge in [0.1, 0.15) is 53.6 Å². The van der Waals surface area contributed by atoms with Crippen LogP contribution < -0.4 is 19.6 Å². The second kappa shape index (κ2) is 37.9. The Balaban J connectivity index is 0.000000121. The third-order valence-electron chi connectivity index (χ3n) is 21.7. The van der Waals surface area contributed by atoms with Gasteiger partial charge in [0.2, 0.25) is 23.6 Å². The first-order chi connectivity index (χ1) is 59.6. The minimum atomic E-state index is -0.0406. The number of benzene rings is 7. The molecule has 1 N–H and O–H groups in total. The van der Waals surface area contributed by atoms with E-state index in [4.69, 9.17) is 46.4 Å². The monoisotopic (exact) mass is 1750 g/mol. The first kappa shape index (κ1) is 82.9. The van der Waals surface area contributed by atoms with E-state index in [1.807, 2.05) is 126 Å². The number of thiazole rings is 2. The van der Waals surface area contributed by atoms with Crippen molar-refractivity contribution in [3.05, 3.63) is 271 Å². The summed E-state index contributed by atoms with van der Waals surface area (Å²) in [4.78, 5) is 110. The van der Waals surface area contributed by atoms with Crippen molar-refractivity contribution in [1.82, 2.24) is 79.6 Å². The van der Waals surface area contributed by atoms with Crippen molar-refractivity contribution in [2.75, 3.05) is 124 Å². The number of carbonyl (C=O) groups excluding carboxylic acids is 4. The second-order valence-corrected chi connectivity index (χ2v) is 32.9. The zero-order valence-electron chi connectivity index (χ0n) is 65.9. The minimum Gasteiger partial charge on any atom is -0.352 e. The van der Waals surface area contributed by atoms with E-state index in [9.17, 15) is 19.2 Å². The van der Waals surface area contributed by atoms with Crippen molar-refractivity contribution in [3.63, 3.8) is 0 Å². The molecule has 31 heteroatoms. The fourth-order valence-electron chi connectivity index (χ4n) is 15.5. The molecule has 4 aliphatic heterocycles. The van der Waals surface area contributed by atoms with Crippen LogP contribution in [-0.2, 0) is 19.2 Å². The van der Waals surface area contributed by atoms with Gasteiger partial charge < -0.3 is 39.2 Å². The van der Waals surface area contributed by atoms with E-state index >= 15 is 0 Å². The van der Waals surface area contributed by atoms with Crippen LogP contribution in [0, 0.1) is 0 Å². The van der Waals surface area contributed by atoms with Gasteiger partial charge in [-0.1, -0.05) is 152 Å². The van der Waals surface area contributed by atoms with Crippen molar-refractivity contribution in [3.8, 4) is 76.0 Å². The summed E-state index contributed by atoms with van der Waals surface area (Å²) >= 11 is 31.8. The number of piperazine rings is 4. The summed E-state index contributed by atoms with van der Waals surface area (Å²) < 4.78 is 0. The van der Waals surface area contributed by atoms with Crippen LogP contribution in [0.15, 0.2) is 250 Å². The van der Waals surface area contributed by atoms with Crippen LogP contribution in [0.2, 0.25) is 20.1 Å². The van der Waals surface area contributed by atoms with E-state index in [1.165, 1.54) is 24.3 Å². The number of nitrogens with zero attached hydrogens (tertiary/aromatic N) is 19. The number of aromatic nitrogens is 12. The number of thiophene rings is 1. The normalized spacial score (nSPS) is 14.2. The molecule has 19 rings (SSSR count). The van der Waals surface area contributed by atoms with Gasteiger partial charge in [-0.15, -0.1) is 34.0 Å². The Kier molecular flexibility index (Phi) is 25.8. The fourth-order valence-corrected chi connectivity index (χ4v) is 18.7. The summed E-state index contributed by atoms with van der Waals surface area (Å²) in [6.45, 7) is 24.9. The maximum Gasteiger partial charge on any atom is 0.246 e.